The van der Waals surface area contributed by atoms with Crippen molar-refractivity contribution in [2.75, 3.05) is 0 Å². The van der Waals surface area contributed by atoms with Crippen LogP contribution in [-0.2, 0) is 0 Å². The molecule has 0 saturated heterocycles. The maximum absolute atomic E-state index is 3.84. The highest BCUT2D eigenvalue weighted by molar-refractivity contribution is 5.21. The molecular weight excluding hydrogens is 74.1 g/mol. The second-order valence-electron chi connectivity index (χ2n) is 1.56. The summed E-state index contributed by atoms with van der Waals surface area (Å²) in [6.07, 6.45) is 2.45. The van der Waals surface area contributed by atoms with Crippen LogP contribution in [0, 0.1) is 6.07 Å². The fourth-order valence-corrected chi connectivity index (χ4v) is 0.455. The number of nitrogens with zero attached hydrogens (tertiary/aromatic N) is 1. The van der Waals surface area contributed by atoms with E-state index in [1.165, 1.54) is 12.8 Å². The molecular formula is C5H8N+. The lowest BCUT2D eigenvalue weighted by molar-refractivity contribution is 0.822. The smallest absolute Gasteiger partial charge is 0.0650 e. The molecule has 1 nitrogen and oxygen atoms in total. The van der Waals surface area contributed by atoms with E-state index in [-0.39, 0.29) is 0 Å². The van der Waals surface area contributed by atoms with Crippen LogP contribution in [0.15, 0.2) is 0 Å². The molecule has 0 radical (unpaired) electrons. The van der Waals surface area contributed by atoms with Crippen molar-refractivity contribution in [3.05, 3.63) is 4.85 Å². The number of rotatable bonds is 2. The standard InChI is InChI=1S/C5H8N/c1-2-3-5-4-6-5/h5H,2-3H2,1H3/q+1. The van der Waals surface area contributed by atoms with E-state index in [1.54, 1.807) is 0 Å². The maximum atomic E-state index is 3.84. The molecule has 0 N–H and O–H groups in total. The van der Waals surface area contributed by atoms with Gasteiger partial charge >= 0.3 is 12.1 Å². The second kappa shape index (κ2) is 1.30. The molecule has 0 aromatic rings. The fourth-order valence-electron chi connectivity index (χ4n) is 0.455. The highest BCUT2D eigenvalue weighted by Gasteiger charge is 2.29. The zero-order chi connectivity index (χ0) is 4.41. The van der Waals surface area contributed by atoms with E-state index >= 15 is 0 Å². The Bertz CT molecular complexity index is 88.2. The van der Waals surface area contributed by atoms with Gasteiger partial charge in [0, 0.05) is 6.42 Å². The largest absolute Gasteiger partial charge is 0.399 e. The average molecular weight is 82.1 g/mol. The van der Waals surface area contributed by atoms with Gasteiger partial charge in [-0.15, -0.1) is 0 Å². The highest BCUT2D eigenvalue weighted by atomic mass is 14.8. The quantitative estimate of drug-likeness (QED) is 0.475. The van der Waals surface area contributed by atoms with Crippen molar-refractivity contribution >= 4 is 0 Å². The summed E-state index contributed by atoms with van der Waals surface area (Å²) in [7, 11) is 0. The third kappa shape index (κ3) is 0.718. The molecule has 1 unspecified atom stereocenters. The van der Waals surface area contributed by atoms with E-state index in [0.29, 0.717) is 6.04 Å². The SMILES string of the molecule is CCCC1C#[N+]1. The van der Waals surface area contributed by atoms with Crippen LogP contribution in [-0.4, -0.2) is 6.04 Å². The van der Waals surface area contributed by atoms with Gasteiger partial charge in [0.1, 0.15) is 0 Å². The number of hydrogen-bond donors (Lipinski definition) is 0. The van der Waals surface area contributed by atoms with Gasteiger partial charge in [0.05, 0.1) is 0 Å². The van der Waals surface area contributed by atoms with E-state index in [2.05, 4.69) is 17.8 Å². The molecule has 0 aromatic carbocycles. The molecule has 1 rings (SSSR count). The van der Waals surface area contributed by atoms with Crippen molar-refractivity contribution in [1.29, 1.82) is 0 Å². The molecule has 1 heterocycles. The highest BCUT2D eigenvalue weighted by Crippen LogP contribution is 2.09. The predicted octanol–water partition coefficient (Wildman–Crippen LogP) is 1.50. The topological polar surface area (TPSA) is 4.36 Å². The van der Waals surface area contributed by atoms with Crippen molar-refractivity contribution < 1.29 is 0 Å². The van der Waals surface area contributed by atoms with Crippen molar-refractivity contribution in [3.8, 4) is 6.07 Å². The maximum Gasteiger partial charge on any atom is 0.399 e. The molecule has 1 aliphatic heterocycles. The lowest BCUT2D eigenvalue weighted by Gasteiger charge is -1.70. The molecule has 1 aliphatic rings. The minimum absolute atomic E-state index is 0.523. The third-order valence-electron chi connectivity index (χ3n) is 0.874. The Morgan fingerprint density at radius 1 is 1.83 bits per heavy atom. The molecule has 6 heavy (non-hydrogen) atoms. The summed E-state index contributed by atoms with van der Waals surface area (Å²) < 4.78 is 0. The minimum Gasteiger partial charge on any atom is -0.0650 e. The second-order valence-corrected chi connectivity index (χ2v) is 1.56. The van der Waals surface area contributed by atoms with Crippen LogP contribution < -0.4 is 0 Å². The van der Waals surface area contributed by atoms with E-state index in [9.17, 15) is 0 Å². The molecule has 0 fully saturated rings. The average Bonchev–Trinajstić information content (AvgIpc) is 2.21. The lowest BCUT2D eigenvalue weighted by Crippen LogP contribution is -1.80. The number of hydrogen-bond acceptors (Lipinski definition) is 0. The van der Waals surface area contributed by atoms with Crippen LogP contribution in [0.25, 0.3) is 4.85 Å². The molecule has 0 aromatic heterocycles. The Hall–Kier alpha value is -0.510. The van der Waals surface area contributed by atoms with Gasteiger partial charge in [-0.3, -0.25) is 0 Å². The summed E-state index contributed by atoms with van der Waals surface area (Å²) in [5.74, 6) is 0. The van der Waals surface area contributed by atoms with Gasteiger partial charge in [0.25, 0.3) is 0 Å². The van der Waals surface area contributed by atoms with Gasteiger partial charge in [0.15, 0.2) is 0 Å². The Morgan fingerprint density at radius 3 is 2.67 bits per heavy atom. The fraction of sp³-hybridized carbons (Fsp3) is 0.800. The predicted molar refractivity (Wildman–Crippen MR) is 25.9 cm³/mol. The van der Waals surface area contributed by atoms with Crippen LogP contribution in [0.1, 0.15) is 19.8 Å². The Balaban J connectivity index is 1.91. The Morgan fingerprint density at radius 2 is 2.50 bits per heavy atom. The van der Waals surface area contributed by atoms with Crippen molar-refractivity contribution in [1.82, 2.24) is 0 Å². The molecule has 0 bridgehead atoms. The molecule has 32 valence electrons. The van der Waals surface area contributed by atoms with Crippen LogP contribution in [0.4, 0.5) is 0 Å². The lowest BCUT2D eigenvalue weighted by atomic mass is 10.2. The zero-order valence-electron chi connectivity index (χ0n) is 3.94. The first-order valence-corrected chi connectivity index (χ1v) is 2.39. The Kier molecular flexibility index (Phi) is 0.795. The normalized spacial score (nSPS) is 25.2. The summed E-state index contributed by atoms with van der Waals surface area (Å²) in [5.41, 5.74) is 0. The van der Waals surface area contributed by atoms with Gasteiger partial charge in [-0.25, -0.2) is 0 Å². The van der Waals surface area contributed by atoms with E-state index in [0.717, 1.165) is 0 Å². The van der Waals surface area contributed by atoms with Crippen LogP contribution in [0.3, 0.4) is 0 Å². The molecule has 1 heteroatoms. The first-order chi connectivity index (χ1) is 2.93. The van der Waals surface area contributed by atoms with Crippen molar-refractivity contribution in [2.45, 2.75) is 25.8 Å². The van der Waals surface area contributed by atoms with Crippen LogP contribution >= 0.6 is 0 Å². The first-order valence-electron chi connectivity index (χ1n) is 2.39. The molecule has 0 aliphatic carbocycles. The van der Waals surface area contributed by atoms with Crippen LogP contribution in [0.2, 0.25) is 0 Å². The van der Waals surface area contributed by atoms with E-state index in [1.807, 2.05) is 0 Å². The van der Waals surface area contributed by atoms with Gasteiger partial charge in [-0.1, -0.05) is 11.8 Å². The van der Waals surface area contributed by atoms with Crippen molar-refractivity contribution in [2.24, 2.45) is 0 Å². The van der Waals surface area contributed by atoms with Crippen LogP contribution in [0.5, 0.6) is 0 Å². The third-order valence-corrected chi connectivity index (χ3v) is 0.874. The Labute approximate surface area is 37.8 Å². The summed E-state index contributed by atoms with van der Waals surface area (Å²) >= 11 is 0. The summed E-state index contributed by atoms with van der Waals surface area (Å²) in [6.45, 7) is 2.16. The van der Waals surface area contributed by atoms with Crippen molar-refractivity contribution in [3.63, 3.8) is 0 Å². The molecule has 0 saturated carbocycles. The summed E-state index contributed by atoms with van der Waals surface area (Å²) in [5, 5.41) is 0. The van der Waals surface area contributed by atoms with E-state index in [4.69, 9.17) is 0 Å². The minimum atomic E-state index is 0.523. The van der Waals surface area contributed by atoms with Gasteiger partial charge in [0.2, 0.25) is 0 Å². The summed E-state index contributed by atoms with van der Waals surface area (Å²) in [4.78, 5) is 3.84. The molecule has 0 spiro atoms. The molecule has 1 atom stereocenters. The zero-order valence-corrected chi connectivity index (χ0v) is 3.94. The van der Waals surface area contributed by atoms with E-state index < -0.39 is 0 Å². The van der Waals surface area contributed by atoms with Gasteiger partial charge < -0.3 is 0 Å². The summed E-state index contributed by atoms with van der Waals surface area (Å²) in [6, 6.07) is 3.38. The van der Waals surface area contributed by atoms with Gasteiger partial charge in [-0.2, -0.15) is 0 Å². The molecule has 0 amide bonds. The first kappa shape index (κ1) is 3.67. The van der Waals surface area contributed by atoms with Gasteiger partial charge in [-0.05, 0) is 6.42 Å². The monoisotopic (exact) mass is 82.1 g/mol.